The lowest BCUT2D eigenvalue weighted by atomic mass is 10.0. The van der Waals surface area contributed by atoms with Gasteiger partial charge >= 0.3 is 5.97 Å². The second kappa shape index (κ2) is 13.8. The summed E-state index contributed by atoms with van der Waals surface area (Å²) < 4.78 is 0. The highest BCUT2D eigenvalue weighted by Crippen LogP contribution is 2.43. The van der Waals surface area contributed by atoms with Crippen LogP contribution < -0.4 is 27.1 Å². The molecule has 19 nitrogen and oxygen atoms in total. The van der Waals surface area contributed by atoms with Gasteiger partial charge in [0.05, 0.1) is 16.9 Å². The van der Waals surface area contributed by atoms with Gasteiger partial charge in [-0.2, -0.15) is 0 Å². The number of thioether (sulfide) groups is 2. The molecule has 0 unspecified atom stereocenters. The van der Waals surface area contributed by atoms with Crippen LogP contribution in [0, 0.1) is 0 Å². The lowest BCUT2D eigenvalue weighted by Gasteiger charge is -2.49. The molecule has 2 aromatic rings. The Morgan fingerprint density at radius 2 is 2.02 bits per heavy atom. The second-order valence-corrected chi connectivity index (χ2v) is 14.7. The minimum atomic E-state index is -1.70. The van der Waals surface area contributed by atoms with Gasteiger partial charge in [-0.1, -0.05) is 5.16 Å². The van der Waals surface area contributed by atoms with Crippen molar-refractivity contribution in [3.8, 4) is 11.5 Å². The standard InChI is InChI=1S/C29H30N10O9S3/c1-12-6-19(39-18(31-12)8-37(36-39)14-4-5-16(40)17(41)7-14)49-9-13-10-50-25-21(24(43)38(25)22(13)26(44)45)33-23(42)20(15-11-51-28(30)32-15)35-48-29(2,3)27(46)34-47/h4-8,11,21,25,36,40-41,47H,9-10H2,1-3H3,(H2,30,32)(H,33,42)(H,34,46)(H,44,45)/b35-20-/t21-,25-/m1/s1. The molecule has 51 heavy (non-hydrogen) atoms. The van der Waals surface area contributed by atoms with Gasteiger partial charge in [0.15, 0.2) is 28.2 Å². The Kier molecular flexibility index (Phi) is 9.61. The first-order valence-corrected chi connectivity index (χ1v) is 17.7. The lowest BCUT2D eigenvalue weighted by Crippen LogP contribution is -2.71. The van der Waals surface area contributed by atoms with Crippen LogP contribution in [0.25, 0.3) is 0 Å². The molecule has 1 aromatic carbocycles. The van der Waals surface area contributed by atoms with E-state index in [4.69, 9.17) is 15.8 Å². The first kappa shape index (κ1) is 35.5. The van der Waals surface area contributed by atoms with Crippen LogP contribution in [0.4, 0.5) is 10.8 Å². The van der Waals surface area contributed by atoms with Gasteiger partial charge in [-0.3, -0.25) is 29.5 Å². The smallest absolute Gasteiger partial charge is 0.352 e. The van der Waals surface area contributed by atoms with Gasteiger partial charge in [0.1, 0.15) is 22.8 Å². The van der Waals surface area contributed by atoms with Crippen molar-refractivity contribution in [2.24, 2.45) is 10.1 Å². The summed E-state index contributed by atoms with van der Waals surface area (Å²) in [5.41, 5.74) is 9.74. The minimum Gasteiger partial charge on any atom is -0.504 e. The van der Waals surface area contributed by atoms with E-state index in [1.165, 1.54) is 60.4 Å². The number of hydroxylamine groups is 1. The summed E-state index contributed by atoms with van der Waals surface area (Å²) in [6, 6.07) is 3.21. The van der Waals surface area contributed by atoms with Gasteiger partial charge in [-0.15, -0.1) is 40.4 Å². The molecule has 1 aromatic heterocycles. The maximum Gasteiger partial charge on any atom is 0.352 e. The van der Waals surface area contributed by atoms with Crippen LogP contribution in [0.2, 0.25) is 0 Å². The molecule has 2 atom stereocenters. The first-order valence-electron chi connectivity index (χ1n) is 14.8. The van der Waals surface area contributed by atoms with Crippen molar-refractivity contribution >= 4 is 80.8 Å². The highest BCUT2D eigenvalue weighted by atomic mass is 32.2. The van der Waals surface area contributed by atoms with Crippen molar-refractivity contribution in [1.29, 1.82) is 0 Å². The van der Waals surface area contributed by atoms with Crippen molar-refractivity contribution in [1.82, 2.24) is 31.2 Å². The molecular weight excluding hydrogens is 729 g/mol. The quantitative estimate of drug-likeness (QED) is 0.0522. The fraction of sp³-hybridized carbons (Fsp3) is 0.276. The van der Waals surface area contributed by atoms with Crippen LogP contribution in [-0.2, 0) is 24.0 Å². The number of phenolic OH excluding ortho intramolecular Hbond substituents is 2. The summed E-state index contributed by atoms with van der Waals surface area (Å²) in [6.07, 6.45) is 3.50. The average Bonchev–Trinajstić information content (AvgIpc) is 3.72. The van der Waals surface area contributed by atoms with Gasteiger partial charge in [-0.05, 0) is 44.6 Å². The van der Waals surface area contributed by atoms with Gasteiger partial charge in [0.2, 0.25) is 5.60 Å². The van der Waals surface area contributed by atoms with E-state index in [1.807, 2.05) is 13.0 Å². The number of nitrogen functional groups attached to an aromatic ring is 1. The van der Waals surface area contributed by atoms with E-state index in [0.29, 0.717) is 27.8 Å². The molecule has 1 fully saturated rings. The number of hydrogen-bond donors (Lipinski definition) is 8. The third kappa shape index (κ3) is 6.90. The van der Waals surface area contributed by atoms with Crippen molar-refractivity contribution in [3.05, 3.63) is 63.7 Å². The number of allylic oxidation sites excluding steroid dienone is 1. The van der Waals surface area contributed by atoms with Gasteiger partial charge in [0.25, 0.3) is 17.7 Å². The Labute approximate surface area is 301 Å². The third-order valence-electron chi connectivity index (χ3n) is 7.69. The van der Waals surface area contributed by atoms with Crippen LogP contribution in [0.15, 0.2) is 68.1 Å². The zero-order valence-corrected chi connectivity index (χ0v) is 29.3. The van der Waals surface area contributed by atoms with Crippen LogP contribution in [0.3, 0.4) is 0 Å². The predicted octanol–water partition coefficient (Wildman–Crippen LogP) is 0.970. The maximum atomic E-state index is 13.4. The normalized spacial score (nSPS) is 20.2. The number of oxime groups is 1. The van der Waals surface area contributed by atoms with Crippen molar-refractivity contribution < 1.29 is 44.5 Å². The molecule has 4 aliphatic rings. The minimum absolute atomic E-state index is 0.00712. The molecule has 0 bridgehead atoms. The predicted molar refractivity (Wildman–Crippen MR) is 187 cm³/mol. The number of hydrazine groups is 2. The fourth-order valence-corrected chi connectivity index (χ4v) is 8.16. The number of nitrogens with two attached hydrogens (primary N) is 1. The number of rotatable bonds is 11. The van der Waals surface area contributed by atoms with E-state index < -0.39 is 46.4 Å². The van der Waals surface area contributed by atoms with Crippen molar-refractivity contribution in [2.45, 2.75) is 37.8 Å². The Balaban J connectivity index is 1.16. The van der Waals surface area contributed by atoms with Gasteiger partial charge in [0, 0.05) is 28.7 Å². The molecule has 4 aliphatic heterocycles. The molecule has 1 saturated heterocycles. The number of benzene rings is 1. The fourth-order valence-electron chi connectivity index (χ4n) is 5.06. The number of fused-ring (bicyclic) bond motifs is 2. The molecule has 0 aliphatic carbocycles. The summed E-state index contributed by atoms with van der Waals surface area (Å²) in [7, 11) is 0. The Morgan fingerprint density at radius 3 is 2.69 bits per heavy atom. The number of aromatic nitrogens is 1. The number of carboxylic acids is 1. The molecular formula is C29H30N10O9S3. The zero-order valence-electron chi connectivity index (χ0n) is 26.8. The molecule has 6 rings (SSSR count). The van der Waals surface area contributed by atoms with E-state index in [0.717, 1.165) is 16.2 Å². The monoisotopic (exact) mass is 758 g/mol. The number of carbonyl (C=O) groups is 4. The SMILES string of the molecule is CC1=NC2=CN(c3ccc(O)c(O)c3)NN2C(SCC2=C(C(=O)O)N3C(=O)[C@@H](NC(=O)/C(=N\OC(C)(C)C(=O)NO)c4csc(N)n4)[C@H]3SC2)=C1. The Morgan fingerprint density at radius 1 is 1.25 bits per heavy atom. The number of nitrogens with zero attached hydrogens (tertiary/aromatic N) is 6. The lowest BCUT2D eigenvalue weighted by molar-refractivity contribution is -0.152. The summed E-state index contributed by atoms with van der Waals surface area (Å²) in [5, 5.41) is 50.0. The number of hydrogen-bond acceptors (Lipinski definition) is 18. The molecule has 0 spiro atoms. The summed E-state index contributed by atoms with van der Waals surface area (Å²) >= 11 is 3.60. The topological polar surface area (TPSA) is 268 Å². The number of amides is 3. The second-order valence-electron chi connectivity index (χ2n) is 11.7. The third-order valence-corrected chi connectivity index (χ3v) is 10.8. The van der Waals surface area contributed by atoms with E-state index in [9.17, 15) is 34.5 Å². The maximum absolute atomic E-state index is 13.4. The molecule has 268 valence electrons. The van der Waals surface area contributed by atoms with Crippen LogP contribution >= 0.6 is 34.9 Å². The molecule has 0 radical (unpaired) electrons. The number of anilines is 2. The Hall–Kier alpha value is -5.29. The van der Waals surface area contributed by atoms with Crippen LogP contribution in [-0.4, -0.2) is 99.1 Å². The number of carboxylic acid groups (broad SMARTS) is 1. The number of β-lactam (4-membered cyclic amide) rings is 1. The number of aliphatic carboxylic acids is 1. The Bertz CT molecular complexity index is 1990. The van der Waals surface area contributed by atoms with Crippen LogP contribution in [0.5, 0.6) is 11.5 Å². The number of thiazole rings is 1. The molecule has 5 heterocycles. The number of aliphatic imine (C=N–C) groups is 1. The van der Waals surface area contributed by atoms with E-state index >= 15 is 0 Å². The van der Waals surface area contributed by atoms with E-state index in [2.05, 4.69) is 26.0 Å². The zero-order chi connectivity index (χ0) is 36.8. The number of phenols is 2. The van der Waals surface area contributed by atoms with Crippen molar-refractivity contribution in [3.63, 3.8) is 0 Å². The van der Waals surface area contributed by atoms with Crippen molar-refractivity contribution in [2.75, 3.05) is 22.2 Å². The van der Waals surface area contributed by atoms with Gasteiger partial charge in [-0.25, -0.2) is 25.3 Å². The molecule has 3 amide bonds. The highest BCUT2D eigenvalue weighted by molar-refractivity contribution is 8.03. The van der Waals surface area contributed by atoms with E-state index in [1.54, 1.807) is 22.3 Å². The molecule has 22 heteroatoms. The summed E-state index contributed by atoms with van der Waals surface area (Å²) in [4.78, 5) is 66.3. The average molecular weight is 759 g/mol. The summed E-state index contributed by atoms with van der Waals surface area (Å²) in [6.45, 7) is 4.40. The van der Waals surface area contributed by atoms with E-state index in [-0.39, 0.29) is 39.5 Å². The summed E-state index contributed by atoms with van der Waals surface area (Å²) in [5.74, 6) is -3.39. The van der Waals surface area contributed by atoms with Crippen LogP contribution in [0.1, 0.15) is 26.5 Å². The van der Waals surface area contributed by atoms with Gasteiger partial charge < -0.3 is 31.2 Å². The first-order chi connectivity index (χ1) is 24.2. The number of aromatic hydroxyl groups is 2. The number of carbonyl (C=O) groups excluding carboxylic acids is 3. The molecule has 9 N–H and O–H groups in total. The molecule has 0 saturated carbocycles. The number of nitrogens with one attached hydrogen (secondary N) is 3. The largest absolute Gasteiger partial charge is 0.504 e. The highest BCUT2D eigenvalue weighted by Gasteiger charge is 2.54.